The van der Waals surface area contributed by atoms with Gasteiger partial charge in [0.25, 0.3) is 0 Å². The van der Waals surface area contributed by atoms with Gasteiger partial charge in [0.15, 0.2) is 0 Å². The van der Waals surface area contributed by atoms with Gasteiger partial charge in [-0.15, -0.1) is 0 Å². The second-order valence-corrected chi connectivity index (χ2v) is 8.75. The Bertz CT molecular complexity index is 682. The topological polar surface area (TPSA) is 81.9 Å². The van der Waals surface area contributed by atoms with Gasteiger partial charge in [0, 0.05) is 11.7 Å². The molecular formula is C20H30N2O4. The minimum Gasteiger partial charge on any atom is -0.456 e. The first-order valence-electron chi connectivity index (χ1n) is 8.97. The lowest BCUT2D eigenvalue weighted by Gasteiger charge is -2.28. The van der Waals surface area contributed by atoms with E-state index in [1.54, 1.807) is 23.1 Å². The van der Waals surface area contributed by atoms with Crippen LogP contribution in [0.25, 0.3) is 0 Å². The molecule has 1 aliphatic carbocycles. The Hall–Kier alpha value is -2.24. The van der Waals surface area contributed by atoms with Gasteiger partial charge in [-0.25, -0.2) is 9.59 Å². The Kier molecular flexibility index (Phi) is 5.54. The zero-order valence-electron chi connectivity index (χ0n) is 16.6. The molecule has 1 aromatic rings. The van der Waals surface area contributed by atoms with Gasteiger partial charge < -0.3 is 20.1 Å². The second-order valence-electron chi connectivity index (χ2n) is 8.75. The quantitative estimate of drug-likeness (QED) is 0.643. The number of hydrogen-bond donors (Lipinski definition) is 1. The summed E-state index contributed by atoms with van der Waals surface area (Å²) in [5.41, 5.74) is 6.61. The molecule has 0 aliphatic heterocycles. The molecule has 0 atom stereocenters. The SMILES string of the molecule is CC(C)(C)OC(=O)c1ccc(N)c(CN(C(=O)OC(C)(C)C)C2CC2)c1. The summed E-state index contributed by atoms with van der Waals surface area (Å²) in [5.74, 6) is -0.408. The number of esters is 1. The van der Waals surface area contributed by atoms with Crippen molar-refractivity contribution in [3.8, 4) is 0 Å². The number of ether oxygens (including phenoxy) is 2. The van der Waals surface area contributed by atoms with Crippen LogP contribution in [0, 0.1) is 0 Å². The molecule has 0 unspecified atom stereocenters. The monoisotopic (exact) mass is 362 g/mol. The van der Waals surface area contributed by atoms with Crippen molar-refractivity contribution in [3.05, 3.63) is 29.3 Å². The maximum Gasteiger partial charge on any atom is 0.410 e. The second kappa shape index (κ2) is 7.17. The van der Waals surface area contributed by atoms with E-state index in [4.69, 9.17) is 15.2 Å². The maximum absolute atomic E-state index is 12.5. The van der Waals surface area contributed by atoms with Crippen molar-refractivity contribution in [1.82, 2.24) is 4.90 Å². The van der Waals surface area contributed by atoms with E-state index in [1.165, 1.54) is 0 Å². The predicted octanol–water partition coefficient (Wildman–Crippen LogP) is 4.12. The lowest BCUT2D eigenvalue weighted by atomic mass is 10.1. The van der Waals surface area contributed by atoms with Crippen LogP contribution in [0.4, 0.5) is 10.5 Å². The minimum atomic E-state index is -0.574. The Balaban J connectivity index is 2.19. The van der Waals surface area contributed by atoms with E-state index in [-0.39, 0.29) is 12.1 Å². The van der Waals surface area contributed by atoms with Crippen LogP contribution < -0.4 is 5.73 Å². The first kappa shape index (κ1) is 20.1. The van der Waals surface area contributed by atoms with Crippen LogP contribution in [0.1, 0.15) is 70.3 Å². The summed E-state index contributed by atoms with van der Waals surface area (Å²) >= 11 is 0. The molecule has 0 heterocycles. The van der Waals surface area contributed by atoms with E-state index in [1.807, 2.05) is 41.5 Å². The summed E-state index contributed by atoms with van der Waals surface area (Å²) in [6.07, 6.45) is 1.54. The standard InChI is InChI=1S/C20H30N2O4/c1-19(2,3)25-17(23)13-7-10-16(21)14(11-13)12-22(15-8-9-15)18(24)26-20(4,5)6/h7,10-11,15H,8-9,12,21H2,1-6H3. The van der Waals surface area contributed by atoms with Crippen LogP contribution in [0.3, 0.4) is 0 Å². The average Bonchev–Trinajstić information content (AvgIpc) is 3.26. The highest BCUT2D eigenvalue weighted by molar-refractivity contribution is 5.90. The average molecular weight is 362 g/mol. The number of hydrogen-bond acceptors (Lipinski definition) is 5. The highest BCUT2D eigenvalue weighted by atomic mass is 16.6. The summed E-state index contributed by atoms with van der Waals surface area (Å²) in [5, 5.41) is 0. The number of carbonyl (C=O) groups is 2. The van der Waals surface area contributed by atoms with Crippen molar-refractivity contribution in [2.24, 2.45) is 0 Å². The molecule has 1 aliphatic rings. The fourth-order valence-corrected chi connectivity index (χ4v) is 2.44. The fraction of sp³-hybridized carbons (Fsp3) is 0.600. The van der Waals surface area contributed by atoms with Crippen LogP contribution >= 0.6 is 0 Å². The van der Waals surface area contributed by atoms with E-state index in [0.29, 0.717) is 23.4 Å². The summed E-state index contributed by atoms with van der Waals surface area (Å²) in [6.45, 7) is 11.3. The van der Waals surface area contributed by atoms with E-state index in [0.717, 1.165) is 12.8 Å². The van der Waals surface area contributed by atoms with E-state index in [9.17, 15) is 9.59 Å². The predicted molar refractivity (Wildman–Crippen MR) is 101 cm³/mol. The number of amides is 1. The first-order valence-corrected chi connectivity index (χ1v) is 8.97. The van der Waals surface area contributed by atoms with Crippen LogP contribution in [-0.4, -0.2) is 34.2 Å². The molecule has 0 spiro atoms. The van der Waals surface area contributed by atoms with Gasteiger partial charge in [0.1, 0.15) is 11.2 Å². The molecule has 144 valence electrons. The Morgan fingerprint density at radius 3 is 2.15 bits per heavy atom. The van der Waals surface area contributed by atoms with Gasteiger partial charge in [0.2, 0.25) is 0 Å². The van der Waals surface area contributed by atoms with Crippen molar-refractivity contribution in [2.75, 3.05) is 5.73 Å². The zero-order valence-corrected chi connectivity index (χ0v) is 16.6. The fourth-order valence-electron chi connectivity index (χ4n) is 2.44. The third-order valence-electron chi connectivity index (χ3n) is 3.73. The van der Waals surface area contributed by atoms with Crippen LogP contribution in [0.2, 0.25) is 0 Å². The summed E-state index contributed by atoms with van der Waals surface area (Å²) < 4.78 is 10.9. The van der Waals surface area contributed by atoms with Crippen molar-refractivity contribution in [2.45, 2.75) is 78.2 Å². The van der Waals surface area contributed by atoms with Gasteiger partial charge >= 0.3 is 12.1 Å². The van der Waals surface area contributed by atoms with Crippen LogP contribution in [0.15, 0.2) is 18.2 Å². The van der Waals surface area contributed by atoms with Crippen LogP contribution in [0.5, 0.6) is 0 Å². The van der Waals surface area contributed by atoms with E-state index in [2.05, 4.69) is 0 Å². The molecule has 1 amide bonds. The van der Waals surface area contributed by atoms with Crippen molar-refractivity contribution < 1.29 is 19.1 Å². The maximum atomic E-state index is 12.5. The van der Waals surface area contributed by atoms with Gasteiger partial charge in [-0.2, -0.15) is 0 Å². The molecule has 2 N–H and O–H groups in total. The summed E-state index contributed by atoms with van der Waals surface area (Å²) in [7, 11) is 0. The number of rotatable bonds is 4. The molecule has 0 aromatic heterocycles. The molecular weight excluding hydrogens is 332 g/mol. The third-order valence-corrected chi connectivity index (χ3v) is 3.73. The number of nitrogens with two attached hydrogens (primary N) is 1. The molecule has 0 saturated heterocycles. The van der Waals surface area contributed by atoms with Crippen molar-refractivity contribution >= 4 is 17.7 Å². The van der Waals surface area contributed by atoms with Gasteiger partial charge in [-0.05, 0) is 78.1 Å². The molecule has 26 heavy (non-hydrogen) atoms. The summed E-state index contributed by atoms with van der Waals surface area (Å²) in [6, 6.07) is 5.18. The molecule has 0 radical (unpaired) electrons. The third kappa shape index (κ3) is 5.93. The summed E-state index contributed by atoms with van der Waals surface area (Å²) in [4.78, 5) is 26.5. The Morgan fingerprint density at radius 2 is 1.65 bits per heavy atom. The molecule has 1 fully saturated rings. The molecule has 6 heteroatoms. The van der Waals surface area contributed by atoms with E-state index < -0.39 is 17.2 Å². The lowest BCUT2D eigenvalue weighted by Crippen LogP contribution is -2.38. The lowest BCUT2D eigenvalue weighted by molar-refractivity contribution is 0.00692. The van der Waals surface area contributed by atoms with Gasteiger partial charge in [0.05, 0.1) is 12.1 Å². The smallest absolute Gasteiger partial charge is 0.410 e. The normalized spacial score (nSPS) is 14.7. The van der Waals surface area contributed by atoms with Gasteiger partial charge in [-0.3, -0.25) is 0 Å². The van der Waals surface area contributed by atoms with Crippen molar-refractivity contribution in [3.63, 3.8) is 0 Å². The molecule has 2 rings (SSSR count). The van der Waals surface area contributed by atoms with E-state index >= 15 is 0 Å². The van der Waals surface area contributed by atoms with Gasteiger partial charge in [-0.1, -0.05) is 0 Å². The number of benzene rings is 1. The number of nitrogen functional groups attached to an aromatic ring is 1. The molecule has 6 nitrogen and oxygen atoms in total. The number of carbonyl (C=O) groups excluding carboxylic acids is 2. The van der Waals surface area contributed by atoms with Crippen molar-refractivity contribution in [1.29, 1.82) is 0 Å². The molecule has 0 bridgehead atoms. The Labute approximate surface area is 155 Å². The first-order chi connectivity index (χ1) is 11.9. The van der Waals surface area contributed by atoms with Crippen LogP contribution in [-0.2, 0) is 16.0 Å². The molecule has 1 aromatic carbocycles. The highest BCUT2D eigenvalue weighted by Gasteiger charge is 2.35. The zero-order chi connectivity index (χ0) is 19.7. The highest BCUT2D eigenvalue weighted by Crippen LogP contribution is 2.31. The largest absolute Gasteiger partial charge is 0.456 e. The number of nitrogens with zero attached hydrogens (tertiary/aromatic N) is 1. The molecule has 1 saturated carbocycles. The number of anilines is 1. The Morgan fingerprint density at radius 1 is 1.08 bits per heavy atom. The minimum absolute atomic E-state index is 0.162.